The van der Waals surface area contributed by atoms with Gasteiger partial charge in [-0.3, -0.25) is 0 Å². The minimum absolute atomic E-state index is 0.0425. The third-order valence-corrected chi connectivity index (χ3v) is 2.63. The van der Waals surface area contributed by atoms with Crippen molar-refractivity contribution in [1.82, 2.24) is 0 Å². The van der Waals surface area contributed by atoms with E-state index in [1.165, 1.54) is 13.2 Å². The standard InChI is InChI=1S/C15H14O4/c1-18-15(17)14-12(16)8-5-9-13(14)19-10-11-6-3-2-4-7-11/h2-9,16H,10H2,1H3. The Bertz CT molecular complexity index is 564. The molecule has 0 amide bonds. The zero-order valence-corrected chi connectivity index (χ0v) is 10.5. The van der Waals surface area contributed by atoms with Crippen molar-refractivity contribution >= 4 is 5.97 Å². The van der Waals surface area contributed by atoms with Crippen molar-refractivity contribution in [2.45, 2.75) is 6.61 Å². The molecule has 4 heteroatoms. The Hall–Kier alpha value is -2.49. The Kier molecular flexibility index (Phi) is 4.03. The first kappa shape index (κ1) is 13.0. The van der Waals surface area contributed by atoms with Gasteiger partial charge in [0.15, 0.2) is 0 Å². The number of ether oxygens (including phenoxy) is 2. The fourth-order valence-electron chi connectivity index (χ4n) is 1.68. The van der Waals surface area contributed by atoms with E-state index in [0.29, 0.717) is 12.4 Å². The van der Waals surface area contributed by atoms with E-state index in [0.717, 1.165) is 5.56 Å². The minimum atomic E-state index is -0.624. The van der Waals surface area contributed by atoms with Crippen LogP contribution in [0.1, 0.15) is 15.9 Å². The molecule has 0 aliphatic heterocycles. The van der Waals surface area contributed by atoms with Gasteiger partial charge < -0.3 is 14.6 Å². The zero-order chi connectivity index (χ0) is 13.7. The molecule has 0 bridgehead atoms. The lowest BCUT2D eigenvalue weighted by atomic mass is 10.1. The van der Waals surface area contributed by atoms with Crippen LogP contribution in [-0.2, 0) is 11.3 Å². The summed E-state index contributed by atoms with van der Waals surface area (Å²) in [7, 11) is 1.26. The fraction of sp³-hybridized carbons (Fsp3) is 0.133. The van der Waals surface area contributed by atoms with Gasteiger partial charge in [0.2, 0.25) is 0 Å². The molecule has 0 atom stereocenters. The summed E-state index contributed by atoms with van der Waals surface area (Å²) in [5.41, 5.74) is 1.02. The number of carbonyl (C=O) groups is 1. The maximum absolute atomic E-state index is 11.6. The van der Waals surface area contributed by atoms with Crippen LogP contribution >= 0.6 is 0 Å². The second kappa shape index (κ2) is 5.91. The molecule has 0 fully saturated rings. The van der Waals surface area contributed by atoms with Crippen molar-refractivity contribution in [3.63, 3.8) is 0 Å². The normalized spacial score (nSPS) is 9.95. The van der Waals surface area contributed by atoms with Gasteiger partial charge in [0.1, 0.15) is 23.7 Å². The molecule has 0 aromatic heterocycles. The summed E-state index contributed by atoms with van der Waals surface area (Å²) in [6.07, 6.45) is 0. The first-order chi connectivity index (χ1) is 9.22. The minimum Gasteiger partial charge on any atom is -0.507 e. The molecule has 4 nitrogen and oxygen atoms in total. The molecule has 1 N–H and O–H groups in total. The molecule has 0 aliphatic rings. The topological polar surface area (TPSA) is 55.8 Å². The van der Waals surface area contributed by atoms with E-state index < -0.39 is 5.97 Å². The lowest BCUT2D eigenvalue weighted by Gasteiger charge is -2.11. The SMILES string of the molecule is COC(=O)c1c(O)cccc1OCc1ccccc1. The molecule has 98 valence electrons. The summed E-state index contributed by atoms with van der Waals surface area (Å²) in [4.78, 5) is 11.6. The van der Waals surface area contributed by atoms with Crippen molar-refractivity contribution in [1.29, 1.82) is 0 Å². The highest BCUT2D eigenvalue weighted by molar-refractivity contribution is 5.95. The molecule has 0 saturated heterocycles. The molecule has 19 heavy (non-hydrogen) atoms. The van der Waals surface area contributed by atoms with Gasteiger partial charge in [-0.15, -0.1) is 0 Å². The number of aromatic hydroxyl groups is 1. The summed E-state index contributed by atoms with van der Waals surface area (Å²) >= 11 is 0. The van der Waals surface area contributed by atoms with Crippen LogP contribution in [0.3, 0.4) is 0 Å². The lowest BCUT2D eigenvalue weighted by Crippen LogP contribution is -2.06. The number of phenolic OH excluding ortho intramolecular Hbond substituents is 1. The van der Waals surface area contributed by atoms with Gasteiger partial charge >= 0.3 is 5.97 Å². The Morgan fingerprint density at radius 1 is 1.11 bits per heavy atom. The third kappa shape index (κ3) is 3.04. The highest BCUT2D eigenvalue weighted by Crippen LogP contribution is 2.28. The summed E-state index contributed by atoms with van der Waals surface area (Å²) in [6.45, 7) is 0.314. The van der Waals surface area contributed by atoms with Crippen molar-refractivity contribution in [2.24, 2.45) is 0 Å². The van der Waals surface area contributed by atoms with Gasteiger partial charge in [-0.1, -0.05) is 36.4 Å². The van der Waals surface area contributed by atoms with E-state index in [1.807, 2.05) is 30.3 Å². The Morgan fingerprint density at radius 3 is 2.53 bits per heavy atom. The highest BCUT2D eigenvalue weighted by Gasteiger charge is 2.17. The van der Waals surface area contributed by atoms with Crippen molar-refractivity contribution in [2.75, 3.05) is 7.11 Å². The largest absolute Gasteiger partial charge is 0.507 e. The van der Waals surface area contributed by atoms with Crippen molar-refractivity contribution in [3.8, 4) is 11.5 Å². The monoisotopic (exact) mass is 258 g/mol. The molecule has 0 aliphatic carbocycles. The third-order valence-electron chi connectivity index (χ3n) is 2.63. The van der Waals surface area contributed by atoms with Crippen LogP contribution in [0.25, 0.3) is 0 Å². The molecule has 2 aromatic rings. The number of benzene rings is 2. The first-order valence-electron chi connectivity index (χ1n) is 5.79. The van der Waals surface area contributed by atoms with Gasteiger partial charge in [-0.2, -0.15) is 0 Å². The average molecular weight is 258 g/mol. The van der Waals surface area contributed by atoms with Crippen LogP contribution in [0.15, 0.2) is 48.5 Å². The van der Waals surface area contributed by atoms with E-state index in [1.54, 1.807) is 12.1 Å². The maximum atomic E-state index is 11.6. The lowest BCUT2D eigenvalue weighted by molar-refractivity contribution is 0.0592. The number of methoxy groups -OCH3 is 1. The van der Waals surface area contributed by atoms with E-state index in [9.17, 15) is 9.90 Å². The van der Waals surface area contributed by atoms with E-state index >= 15 is 0 Å². The van der Waals surface area contributed by atoms with Crippen LogP contribution in [0.5, 0.6) is 11.5 Å². The average Bonchev–Trinajstić information content (AvgIpc) is 2.45. The first-order valence-corrected chi connectivity index (χ1v) is 5.79. The van der Waals surface area contributed by atoms with E-state index in [-0.39, 0.29) is 11.3 Å². The Labute approximate surface area is 111 Å². The highest BCUT2D eigenvalue weighted by atomic mass is 16.5. The van der Waals surface area contributed by atoms with Crippen LogP contribution in [-0.4, -0.2) is 18.2 Å². The molecule has 2 aromatic carbocycles. The molecule has 0 heterocycles. The predicted molar refractivity (Wildman–Crippen MR) is 70.2 cm³/mol. The van der Waals surface area contributed by atoms with Gasteiger partial charge in [0.25, 0.3) is 0 Å². The van der Waals surface area contributed by atoms with Gasteiger partial charge in [0, 0.05) is 0 Å². The predicted octanol–water partition coefficient (Wildman–Crippen LogP) is 2.76. The molecule has 0 radical (unpaired) electrons. The fourth-order valence-corrected chi connectivity index (χ4v) is 1.68. The Morgan fingerprint density at radius 2 is 1.84 bits per heavy atom. The van der Waals surface area contributed by atoms with Crippen molar-refractivity contribution < 1.29 is 19.4 Å². The Balaban J connectivity index is 2.21. The molecule has 2 rings (SSSR count). The number of phenols is 1. The maximum Gasteiger partial charge on any atom is 0.345 e. The number of hydrogen-bond acceptors (Lipinski definition) is 4. The number of carbonyl (C=O) groups excluding carboxylic acids is 1. The van der Waals surface area contributed by atoms with Crippen LogP contribution in [0, 0.1) is 0 Å². The smallest absolute Gasteiger partial charge is 0.345 e. The number of rotatable bonds is 4. The van der Waals surface area contributed by atoms with Crippen molar-refractivity contribution in [3.05, 3.63) is 59.7 Å². The second-order valence-corrected chi connectivity index (χ2v) is 3.92. The van der Waals surface area contributed by atoms with Gasteiger partial charge in [0.05, 0.1) is 7.11 Å². The molecule has 0 saturated carbocycles. The van der Waals surface area contributed by atoms with Gasteiger partial charge in [-0.05, 0) is 17.7 Å². The quantitative estimate of drug-likeness (QED) is 0.857. The number of esters is 1. The zero-order valence-electron chi connectivity index (χ0n) is 10.5. The second-order valence-electron chi connectivity index (χ2n) is 3.92. The van der Waals surface area contributed by atoms with Crippen LogP contribution < -0.4 is 4.74 Å². The summed E-state index contributed by atoms with van der Waals surface area (Å²) in [5.74, 6) is -0.478. The molecule has 0 unspecified atom stereocenters. The summed E-state index contributed by atoms with van der Waals surface area (Å²) in [6, 6.07) is 14.2. The van der Waals surface area contributed by atoms with E-state index in [4.69, 9.17) is 4.74 Å². The summed E-state index contributed by atoms with van der Waals surface area (Å²) < 4.78 is 10.2. The van der Waals surface area contributed by atoms with Crippen LogP contribution in [0.4, 0.5) is 0 Å². The summed E-state index contributed by atoms with van der Waals surface area (Å²) in [5, 5.41) is 9.71. The molecular weight excluding hydrogens is 244 g/mol. The number of hydrogen-bond donors (Lipinski definition) is 1. The van der Waals surface area contributed by atoms with Crippen LogP contribution in [0.2, 0.25) is 0 Å². The van der Waals surface area contributed by atoms with Gasteiger partial charge in [-0.25, -0.2) is 4.79 Å². The van der Waals surface area contributed by atoms with E-state index in [2.05, 4.69) is 4.74 Å². The molecule has 0 spiro atoms. The molecular formula is C15H14O4.